The second kappa shape index (κ2) is 7.31. The highest BCUT2D eigenvalue weighted by Crippen LogP contribution is 2.25. The first-order valence-corrected chi connectivity index (χ1v) is 8.34. The van der Waals surface area contributed by atoms with Crippen molar-refractivity contribution in [1.29, 1.82) is 0 Å². The van der Waals surface area contributed by atoms with Gasteiger partial charge in [0, 0.05) is 19.5 Å². The summed E-state index contributed by atoms with van der Waals surface area (Å²) in [5, 5.41) is 5.84. The first-order valence-electron chi connectivity index (χ1n) is 8.34. The van der Waals surface area contributed by atoms with Gasteiger partial charge in [0.05, 0.1) is 11.4 Å². The number of amides is 3. The zero-order valence-electron chi connectivity index (χ0n) is 13.3. The summed E-state index contributed by atoms with van der Waals surface area (Å²) in [5.74, 6) is 0.325. The molecule has 1 heterocycles. The van der Waals surface area contributed by atoms with Crippen LogP contribution in [0.3, 0.4) is 0 Å². The third kappa shape index (κ3) is 4.12. The fourth-order valence-electron chi connectivity index (χ4n) is 3.12. The fourth-order valence-corrected chi connectivity index (χ4v) is 3.12. The first kappa shape index (κ1) is 15.6. The predicted molar refractivity (Wildman–Crippen MR) is 91.4 cm³/mol. The van der Waals surface area contributed by atoms with Gasteiger partial charge in [0.15, 0.2) is 0 Å². The molecule has 0 saturated carbocycles. The molecule has 0 spiro atoms. The van der Waals surface area contributed by atoms with E-state index in [9.17, 15) is 9.59 Å². The van der Waals surface area contributed by atoms with Crippen LogP contribution >= 0.6 is 0 Å². The highest BCUT2D eigenvalue weighted by atomic mass is 16.2. The van der Waals surface area contributed by atoms with Gasteiger partial charge in [-0.2, -0.15) is 0 Å². The minimum Gasteiger partial charge on any atom is -0.325 e. The van der Waals surface area contributed by atoms with Gasteiger partial charge in [-0.15, -0.1) is 0 Å². The Bertz CT molecular complexity index is 606. The number of likely N-dealkylation sites (tertiary alicyclic amines) is 1. The summed E-state index contributed by atoms with van der Waals surface area (Å²) in [4.78, 5) is 26.2. The molecule has 1 fully saturated rings. The van der Waals surface area contributed by atoms with E-state index in [2.05, 4.69) is 22.8 Å². The number of rotatable bonds is 4. The maximum Gasteiger partial charge on any atom is 0.321 e. The van der Waals surface area contributed by atoms with E-state index >= 15 is 0 Å². The van der Waals surface area contributed by atoms with Crippen LogP contribution in [0.4, 0.5) is 16.2 Å². The molecule has 1 aliphatic heterocycles. The van der Waals surface area contributed by atoms with Crippen LogP contribution in [0.15, 0.2) is 36.4 Å². The Balaban J connectivity index is 1.61. The van der Waals surface area contributed by atoms with E-state index in [1.807, 2.05) is 29.2 Å². The Hall–Kier alpha value is -2.30. The molecule has 1 aromatic carbocycles. The zero-order chi connectivity index (χ0) is 16.1. The Kier molecular flexibility index (Phi) is 4.95. The van der Waals surface area contributed by atoms with E-state index in [-0.39, 0.29) is 11.9 Å². The highest BCUT2D eigenvalue weighted by Gasteiger charge is 2.19. The predicted octanol–water partition coefficient (Wildman–Crippen LogP) is 3.61. The number of nitrogens with one attached hydrogen (secondary N) is 2. The Labute approximate surface area is 136 Å². The van der Waals surface area contributed by atoms with Gasteiger partial charge < -0.3 is 15.5 Å². The number of urea groups is 1. The number of hydrogen-bond acceptors (Lipinski definition) is 2. The quantitative estimate of drug-likeness (QED) is 0.834. The number of hydrogen-bond donors (Lipinski definition) is 2. The SMILES string of the molecule is O=C(CC1C=CCC1)Nc1ccccc1NC(=O)N1CCCC1. The molecule has 5 nitrogen and oxygen atoms in total. The van der Waals surface area contributed by atoms with E-state index in [1.165, 1.54) is 0 Å². The third-order valence-corrected chi connectivity index (χ3v) is 4.40. The Morgan fingerprint density at radius 1 is 1.09 bits per heavy atom. The van der Waals surface area contributed by atoms with Crippen molar-refractivity contribution in [3.8, 4) is 0 Å². The topological polar surface area (TPSA) is 61.4 Å². The van der Waals surface area contributed by atoms with Crippen molar-refractivity contribution in [2.24, 2.45) is 5.92 Å². The molecule has 1 aromatic rings. The molecule has 1 aliphatic carbocycles. The lowest BCUT2D eigenvalue weighted by Gasteiger charge is -2.18. The molecule has 2 N–H and O–H groups in total. The van der Waals surface area contributed by atoms with Crippen molar-refractivity contribution in [2.75, 3.05) is 23.7 Å². The molecule has 0 aromatic heterocycles. The second-order valence-electron chi connectivity index (χ2n) is 6.19. The van der Waals surface area contributed by atoms with Gasteiger partial charge in [-0.1, -0.05) is 24.3 Å². The van der Waals surface area contributed by atoms with Gasteiger partial charge >= 0.3 is 6.03 Å². The monoisotopic (exact) mass is 313 g/mol. The highest BCUT2D eigenvalue weighted by molar-refractivity contribution is 5.99. The number of carbonyl (C=O) groups is 2. The van der Waals surface area contributed by atoms with Crippen LogP contribution in [0.25, 0.3) is 0 Å². The molecule has 3 amide bonds. The van der Waals surface area contributed by atoms with Gasteiger partial charge in [0.1, 0.15) is 0 Å². The molecule has 0 radical (unpaired) electrons. The number of carbonyl (C=O) groups excluding carboxylic acids is 2. The molecular formula is C18H23N3O2. The number of nitrogens with zero attached hydrogens (tertiary/aromatic N) is 1. The summed E-state index contributed by atoms with van der Waals surface area (Å²) >= 11 is 0. The molecule has 23 heavy (non-hydrogen) atoms. The van der Waals surface area contributed by atoms with Crippen LogP contribution in [0.5, 0.6) is 0 Å². The van der Waals surface area contributed by atoms with E-state index in [1.54, 1.807) is 0 Å². The number of benzene rings is 1. The molecule has 1 atom stereocenters. The molecule has 1 saturated heterocycles. The zero-order valence-corrected chi connectivity index (χ0v) is 13.3. The van der Waals surface area contributed by atoms with Crippen molar-refractivity contribution < 1.29 is 9.59 Å². The molecule has 3 rings (SSSR count). The van der Waals surface area contributed by atoms with Crippen molar-refractivity contribution in [1.82, 2.24) is 4.90 Å². The van der Waals surface area contributed by atoms with Crippen molar-refractivity contribution in [3.63, 3.8) is 0 Å². The van der Waals surface area contributed by atoms with E-state index < -0.39 is 0 Å². The van der Waals surface area contributed by atoms with Crippen LogP contribution < -0.4 is 10.6 Å². The van der Waals surface area contributed by atoms with Gasteiger partial charge in [-0.25, -0.2) is 4.79 Å². The molecular weight excluding hydrogens is 290 g/mol. The summed E-state index contributed by atoms with van der Waals surface area (Å²) in [6.07, 6.45) is 8.94. The molecule has 5 heteroatoms. The van der Waals surface area contributed by atoms with Crippen LogP contribution in [-0.4, -0.2) is 29.9 Å². The first-order chi connectivity index (χ1) is 11.2. The van der Waals surface area contributed by atoms with Crippen LogP contribution in [0, 0.1) is 5.92 Å². The van der Waals surface area contributed by atoms with E-state index in [0.29, 0.717) is 23.7 Å². The van der Waals surface area contributed by atoms with Gasteiger partial charge in [0.25, 0.3) is 0 Å². The fraction of sp³-hybridized carbons (Fsp3) is 0.444. The van der Waals surface area contributed by atoms with Gasteiger partial charge in [0.2, 0.25) is 5.91 Å². The lowest BCUT2D eigenvalue weighted by atomic mass is 10.0. The van der Waals surface area contributed by atoms with Gasteiger partial charge in [-0.3, -0.25) is 4.79 Å². The smallest absolute Gasteiger partial charge is 0.321 e. The summed E-state index contributed by atoms with van der Waals surface area (Å²) in [7, 11) is 0. The van der Waals surface area contributed by atoms with Crippen LogP contribution in [0.1, 0.15) is 32.1 Å². The minimum absolute atomic E-state index is 0.00979. The van der Waals surface area contributed by atoms with Crippen LogP contribution in [0.2, 0.25) is 0 Å². The average Bonchev–Trinajstić information content (AvgIpc) is 3.22. The maximum absolute atomic E-state index is 12.2. The standard InChI is InChI=1S/C18H23N3O2/c22-17(13-14-7-1-2-8-14)19-15-9-3-4-10-16(15)20-18(23)21-11-5-6-12-21/h1,3-4,7,9-10,14H,2,5-6,8,11-13H2,(H,19,22)(H,20,23). The summed E-state index contributed by atoms with van der Waals surface area (Å²) in [6.45, 7) is 1.60. The van der Waals surface area contributed by atoms with Crippen molar-refractivity contribution in [2.45, 2.75) is 32.1 Å². The summed E-state index contributed by atoms with van der Waals surface area (Å²) < 4.78 is 0. The lowest BCUT2D eigenvalue weighted by Crippen LogP contribution is -2.32. The molecule has 0 bridgehead atoms. The molecule has 1 unspecified atom stereocenters. The summed E-state index contributed by atoms with van der Waals surface area (Å²) in [5.41, 5.74) is 1.31. The van der Waals surface area contributed by atoms with Crippen molar-refractivity contribution in [3.05, 3.63) is 36.4 Å². The Morgan fingerprint density at radius 3 is 2.43 bits per heavy atom. The van der Waals surface area contributed by atoms with Crippen molar-refractivity contribution >= 4 is 23.3 Å². The maximum atomic E-state index is 12.2. The number of para-hydroxylation sites is 2. The van der Waals surface area contributed by atoms with Gasteiger partial charge in [-0.05, 0) is 43.7 Å². The van der Waals surface area contributed by atoms with E-state index in [4.69, 9.17) is 0 Å². The number of allylic oxidation sites excluding steroid dienone is 2. The number of anilines is 2. The van der Waals surface area contributed by atoms with Crippen LogP contribution in [-0.2, 0) is 4.79 Å². The largest absolute Gasteiger partial charge is 0.325 e. The lowest BCUT2D eigenvalue weighted by molar-refractivity contribution is -0.116. The molecule has 122 valence electrons. The third-order valence-electron chi connectivity index (χ3n) is 4.40. The van der Waals surface area contributed by atoms with E-state index in [0.717, 1.165) is 38.8 Å². The normalized spacial score (nSPS) is 19.8. The Morgan fingerprint density at radius 2 is 1.78 bits per heavy atom. The molecule has 2 aliphatic rings. The summed E-state index contributed by atoms with van der Waals surface area (Å²) in [6, 6.07) is 7.26. The second-order valence-corrected chi connectivity index (χ2v) is 6.19. The average molecular weight is 313 g/mol. The minimum atomic E-state index is -0.0945.